The lowest BCUT2D eigenvalue weighted by atomic mass is 10.1. The third kappa shape index (κ3) is 5.62. The van der Waals surface area contributed by atoms with Gasteiger partial charge in [0.15, 0.2) is 6.61 Å². The third-order valence-electron chi connectivity index (χ3n) is 5.07. The molecule has 0 saturated carbocycles. The topological polar surface area (TPSA) is 122 Å². The minimum Gasteiger partial charge on any atom is -0.454 e. The molecule has 1 aliphatic rings. The van der Waals surface area contributed by atoms with Gasteiger partial charge in [-0.3, -0.25) is 24.1 Å². The fourth-order valence-electron chi connectivity index (χ4n) is 3.51. The van der Waals surface area contributed by atoms with Gasteiger partial charge in [0, 0.05) is 18.3 Å². The minimum atomic E-state index is -1.11. The molecule has 0 fully saturated rings. The Hall–Kier alpha value is -4.01. The predicted molar refractivity (Wildman–Crippen MR) is 121 cm³/mol. The van der Waals surface area contributed by atoms with Crippen molar-refractivity contribution in [3.63, 3.8) is 0 Å². The third-order valence-corrected chi connectivity index (χ3v) is 5.07. The largest absolute Gasteiger partial charge is 0.454 e. The number of fused-ring (bicyclic) bond motifs is 1. The first-order valence-electron chi connectivity index (χ1n) is 10.6. The number of hydrogen-bond acceptors (Lipinski definition) is 6. The van der Waals surface area contributed by atoms with Crippen LogP contribution in [0.15, 0.2) is 48.5 Å². The monoisotopic (exact) mass is 451 g/mol. The number of anilines is 2. The smallest absolute Gasteiger partial charge is 0.329 e. The standard InChI is InChI=1S/C24H25N3O6/c1-3-4-9-20(27-22(30)18-7-5-6-8-19(18)23(27)31)24(32)33-14-21(29)26-17-12-10-16(11-13-17)25-15(2)28/h5-8,10-13,20H,3-4,9,14H2,1-2H3,(H,25,28)(H,26,29)/t20-/m0/s1. The highest BCUT2D eigenvalue weighted by Crippen LogP contribution is 2.27. The normalized spacial score (nSPS) is 13.3. The Morgan fingerprint density at radius 2 is 1.45 bits per heavy atom. The first-order valence-corrected chi connectivity index (χ1v) is 10.6. The van der Waals surface area contributed by atoms with Crippen molar-refractivity contribution in [3.8, 4) is 0 Å². The van der Waals surface area contributed by atoms with Crippen LogP contribution in [0.2, 0.25) is 0 Å². The maximum absolute atomic E-state index is 12.8. The molecule has 3 rings (SSSR count). The fraction of sp³-hybridized carbons (Fsp3) is 0.292. The molecular weight excluding hydrogens is 426 g/mol. The summed E-state index contributed by atoms with van der Waals surface area (Å²) in [7, 11) is 0. The lowest BCUT2D eigenvalue weighted by Gasteiger charge is -2.24. The van der Waals surface area contributed by atoms with Gasteiger partial charge in [-0.05, 0) is 42.8 Å². The number of nitrogens with zero attached hydrogens (tertiary/aromatic N) is 1. The maximum Gasteiger partial charge on any atom is 0.329 e. The molecule has 2 aromatic rings. The van der Waals surface area contributed by atoms with E-state index in [1.54, 1.807) is 48.5 Å². The summed E-state index contributed by atoms with van der Waals surface area (Å²) in [6, 6.07) is 11.7. The van der Waals surface area contributed by atoms with E-state index in [2.05, 4.69) is 10.6 Å². The van der Waals surface area contributed by atoms with E-state index in [4.69, 9.17) is 4.74 Å². The molecule has 0 aliphatic carbocycles. The highest BCUT2D eigenvalue weighted by atomic mass is 16.5. The van der Waals surface area contributed by atoms with Crippen molar-refractivity contribution in [3.05, 3.63) is 59.7 Å². The Labute approximate surface area is 191 Å². The van der Waals surface area contributed by atoms with Crippen LogP contribution in [0.1, 0.15) is 53.8 Å². The Morgan fingerprint density at radius 1 is 0.909 bits per heavy atom. The molecule has 172 valence electrons. The summed E-state index contributed by atoms with van der Waals surface area (Å²) < 4.78 is 5.17. The molecule has 1 heterocycles. The van der Waals surface area contributed by atoms with Crippen LogP contribution in [-0.2, 0) is 19.1 Å². The number of carbonyl (C=O) groups excluding carboxylic acids is 5. The molecule has 0 bridgehead atoms. The molecule has 0 unspecified atom stereocenters. The van der Waals surface area contributed by atoms with Gasteiger partial charge in [-0.25, -0.2) is 4.79 Å². The van der Waals surface area contributed by atoms with Gasteiger partial charge in [-0.1, -0.05) is 31.9 Å². The minimum absolute atomic E-state index is 0.214. The van der Waals surface area contributed by atoms with Crippen LogP contribution in [0.3, 0.4) is 0 Å². The van der Waals surface area contributed by atoms with Crippen molar-refractivity contribution < 1.29 is 28.7 Å². The van der Waals surface area contributed by atoms with E-state index in [-0.39, 0.29) is 23.5 Å². The molecule has 9 heteroatoms. The van der Waals surface area contributed by atoms with E-state index in [1.165, 1.54) is 6.92 Å². The van der Waals surface area contributed by atoms with Crippen molar-refractivity contribution in [2.75, 3.05) is 17.2 Å². The zero-order valence-corrected chi connectivity index (χ0v) is 18.4. The van der Waals surface area contributed by atoms with Gasteiger partial charge in [0.1, 0.15) is 6.04 Å². The van der Waals surface area contributed by atoms with Gasteiger partial charge in [-0.15, -0.1) is 0 Å². The van der Waals surface area contributed by atoms with E-state index >= 15 is 0 Å². The second-order valence-corrected chi connectivity index (χ2v) is 7.60. The molecule has 9 nitrogen and oxygen atoms in total. The summed E-state index contributed by atoms with van der Waals surface area (Å²) in [6.07, 6.45) is 1.59. The van der Waals surface area contributed by atoms with Gasteiger partial charge in [0.2, 0.25) is 5.91 Å². The van der Waals surface area contributed by atoms with Gasteiger partial charge in [0.05, 0.1) is 11.1 Å². The summed E-state index contributed by atoms with van der Waals surface area (Å²) in [5, 5.41) is 5.20. The molecule has 0 saturated heterocycles. The zero-order chi connectivity index (χ0) is 24.0. The van der Waals surface area contributed by atoms with Gasteiger partial charge >= 0.3 is 5.97 Å². The molecule has 0 aromatic heterocycles. The van der Waals surface area contributed by atoms with Crippen LogP contribution < -0.4 is 10.6 Å². The predicted octanol–water partition coefficient (Wildman–Crippen LogP) is 2.98. The second kappa shape index (κ2) is 10.5. The van der Waals surface area contributed by atoms with Crippen molar-refractivity contribution in [1.29, 1.82) is 0 Å². The average Bonchev–Trinajstić information content (AvgIpc) is 3.04. The number of carbonyl (C=O) groups is 5. The average molecular weight is 451 g/mol. The van der Waals surface area contributed by atoms with Crippen molar-refractivity contribution in [2.24, 2.45) is 0 Å². The maximum atomic E-state index is 12.8. The number of ether oxygens (including phenoxy) is 1. The molecule has 33 heavy (non-hydrogen) atoms. The second-order valence-electron chi connectivity index (χ2n) is 7.60. The lowest BCUT2D eigenvalue weighted by Crippen LogP contribution is -2.46. The van der Waals surface area contributed by atoms with Gasteiger partial charge in [0.25, 0.3) is 17.7 Å². The number of benzene rings is 2. The van der Waals surface area contributed by atoms with E-state index in [1.807, 2.05) is 6.92 Å². The summed E-state index contributed by atoms with van der Waals surface area (Å²) in [5.74, 6) is -2.69. The van der Waals surface area contributed by atoms with Crippen LogP contribution in [0.5, 0.6) is 0 Å². The van der Waals surface area contributed by atoms with Crippen LogP contribution in [0.25, 0.3) is 0 Å². The Morgan fingerprint density at radius 3 is 1.97 bits per heavy atom. The summed E-state index contributed by atoms with van der Waals surface area (Å²) in [5.41, 5.74) is 1.52. The number of nitrogens with one attached hydrogen (secondary N) is 2. The summed E-state index contributed by atoms with van der Waals surface area (Å²) >= 11 is 0. The Balaban J connectivity index is 1.62. The van der Waals surface area contributed by atoms with Gasteiger partial charge in [-0.2, -0.15) is 0 Å². The van der Waals surface area contributed by atoms with Crippen LogP contribution in [0, 0.1) is 0 Å². The summed E-state index contributed by atoms with van der Waals surface area (Å²) in [6.45, 7) is 2.74. The lowest BCUT2D eigenvalue weighted by molar-refractivity contribution is -0.151. The number of amides is 4. The van der Waals surface area contributed by atoms with Crippen molar-refractivity contribution >= 4 is 41.0 Å². The number of imide groups is 1. The number of unbranched alkanes of at least 4 members (excludes halogenated alkanes) is 1. The van der Waals surface area contributed by atoms with Crippen molar-refractivity contribution in [1.82, 2.24) is 4.90 Å². The number of hydrogen-bond donors (Lipinski definition) is 2. The van der Waals surface area contributed by atoms with Crippen LogP contribution in [0.4, 0.5) is 11.4 Å². The van der Waals surface area contributed by atoms with Crippen LogP contribution in [-0.4, -0.2) is 47.1 Å². The number of esters is 1. The highest BCUT2D eigenvalue weighted by molar-refractivity contribution is 6.22. The zero-order valence-electron chi connectivity index (χ0n) is 18.4. The fourth-order valence-corrected chi connectivity index (χ4v) is 3.51. The molecule has 0 spiro atoms. The van der Waals surface area contributed by atoms with E-state index < -0.39 is 36.3 Å². The molecule has 1 aliphatic heterocycles. The Kier molecular flexibility index (Phi) is 7.55. The Bertz CT molecular complexity index is 1040. The first-order chi connectivity index (χ1) is 15.8. The highest BCUT2D eigenvalue weighted by Gasteiger charge is 2.43. The van der Waals surface area contributed by atoms with Gasteiger partial charge < -0.3 is 15.4 Å². The molecule has 2 aromatic carbocycles. The molecule has 1 atom stereocenters. The van der Waals surface area contributed by atoms with E-state index in [0.29, 0.717) is 17.8 Å². The summed E-state index contributed by atoms with van der Waals surface area (Å²) in [4.78, 5) is 62.6. The molecule has 2 N–H and O–H groups in total. The van der Waals surface area contributed by atoms with Crippen LogP contribution >= 0.6 is 0 Å². The quantitative estimate of drug-likeness (QED) is 0.447. The molecule has 4 amide bonds. The first kappa shape index (κ1) is 23.6. The SMILES string of the molecule is CCCC[C@@H](C(=O)OCC(=O)Nc1ccc(NC(C)=O)cc1)N1C(=O)c2ccccc2C1=O. The van der Waals surface area contributed by atoms with Crippen molar-refractivity contribution in [2.45, 2.75) is 39.2 Å². The molecule has 0 radical (unpaired) electrons. The van der Waals surface area contributed by atoms with E-state index in [9.17, 15) is 24.0 Å². The number of rotatable bonds is 9. The van der Waals surface area contributed by atoms with E-state index in [0.717, 1.165) is 11.3 Å². The molecular formula is C24H25N3O6.